The Morgan fingerprint density at radius 3 is 2.42 bits per heavy atom. The quantitative estimate of drug-likeness (QED) is 0.616. The Labute approximate surface area is 113 Å². The molecule has 0 aromatic heterocycles. The van der Waals surface area contributed by atoms with E-state index in [2.05, 4.69) is 13.8 Å². The van der Waals surface area contributed by atoms with Gasteiger partial charge in [0.05, 0.1) is 0 Å². The van der Waals surface area contributed by atoms with Crippen molar-refractivity contribution in [2.75, 3.05) is 0 Å². The lowest BCUT2D eigenvalue weighted by molar-refractivity contribution is -0.131. The fraction of sp³-hybridized carbons (Fsp3) is 0.375. The van der Waals surface area contributed by atoms with E-state index in [1.807, 2.05) is 12.1 Å². The Kier molecular flexibility index (Phi) is 4.15. The van der Waals surface area contributed by atoms with Gasteiger partial charge in [-0.25, -0.2) is 4.79 Å². The summed E-state index contributed by atoms with van der Waals surface area (Å²) in [6.45, 7) is 4.22. The van der Waals surface area contributed by atoms with Gasteiger partial charge in [-0.1, -0.05) is 26.0 Å². The van der Waals surface area contributed by atoms with Gasteiger partial charge >= 0.3 is 5.97 Å². The van der Waals surface area contributed by atoms with Gasteiger partial charge in [0.2, 0.25) is 0 Å². The van der Waals surface area contributed by atoms with Gasteiger partial charge in [-0.2, -0.15) is 0 Å². The van der Waals surface area contributed by atoms with Gasteiger partial charge in [0.25, 0.3) is 0 Å². The molecule has 2 rings (SSSR count). The molecule has 0 saturated carbocycles. The molecule has 0 saturated heterocycles. The highest BCUT2D eigenvalue weighted by molar-refractivity contribution is 6.01. The number of carbonyl (C=O) groups excluding carboxylic acids is 2. The molecule has 0 amide bonds. The zero-order valence-electron chi connectivity index (χ0n) is 11.3. The summed E-state index contributed by atoms with van der Waals surface area (Å²) in [7, 11) is 0. The SMILES string of the molecule is CC(C)c1ccc(OC(=O)C2=CC(=O)CCC2)cc1. The summed E-state index contributed by atoms with van der Waals surface area (Å²) >= 11 is 0. The van der Waals surface area contributed by atoms with Gasteiger partial charge in [-0.15, -0.1) is 0 Å². The topological polar surface area (TPSA) is 43.4 Å². The molecule has 0 bridgehead atoms. The molecule has 0 fully saturated rings. The Hall–Kier alpha value is -1.90. The summed E-state index contributed by atoms with van der Waals surface area (Å²) in [6, 6.07) is 7.48. The first kappa shape index (κ1) is 13.5. The van der Waals surface area contributed by atoms with Crippen molar-refractivity contribution in [2.45, 2.75) is 39.0 Å². The first-order valence-corrected chi connectivity index (χ1v) is 6.62. The van der Waals surface area contributed by atoms with E-state index in [4.69, 9.17) is 4.74 Å². The summed E-state index contributed by atoms with van der Waals surface area (Å²) < 4.78 is 5.28. The van der Waals surface area contributed by atoms with Crippen LogP contribution in [0.15, 0.2) is 35.9 Å². The average molecular weight is 258 g/mol. The van der Waals surface area contributed by atoms with Gasteiger partial charge < -0.3 is 4.74 Å². The highest BCUT2D eigenvalue weighted by atomic mass is 16.5. The first-order chi connectivity index (χ1) is 9.06. The molecule has 0 aliphatic heterocycles. The number of hydrogen-bond donors (Lipinski definition) is 0. The van der Waals surface area contributed by atoms with Crippen molar-refractivity contribution in [3.63, 3.8) is 0 Å². The van der Waals surface area contributed by atoms with Crippen LogP contribution < -0.4 is 4.74 Å². The van der Waals surface area contributed by atoms with E-state index >= 15 is 0 Å². The maximum Gasteiger partial charge on any atom is 0.339 e. The van der Waals surface area contributed by atoms with Gasteiger partial charge in [0.1, 0.15) is 5.75 Å². The molecular weight excluding hydrogens is 240 g/mol. The minimum absolute atomic E-state index is 0.00774. The van der Waals surface area contributed by atoms with Crippen LogP contribution in [0.2, 0.25) is 0 Å². The number of esters is 1. The van der Waals surface area contributed by atoms with Crippen LogP contribution in [0.3, 0.4) is 0 Å². The lowest BCUT2D eigenvalue weighted by atomic mass is 9.99. The molecule has 0 heterocycles. The average Bonchev–Trinajstić information content (AvgIpc) is 2.39. The molecule has 3 nitrogen and oxygen atoms in total. The molecule has 0 spiro atoms. The summed E-state index contributed by atoms with van der Waals surface area (Å²) in [5, 5.41) is 0. The second-order valence-electron chi connectivity index (χ2n) is 5.10. The maximum atomic E-state index is 11.9. The molecule has 0 radical (unpaired) electrons. The molecule has 3 heteroatoms. The highest BCUT2D eigenvalue weighted by Gasteiger charge is 2.18. The fourth-order valence-corrected chi connectivity index (χ4v) is 2.05. The third kappa shape index (κ3) is 3.53. The Bertz CT molecular complexity index is 509. The molecule has 0 unspecified atom stereocenters. The van der Waals surface area contributed by atoms with Crippen LogP contribution in [-0.4, -0.2) is 11.8 Å². The number of ether oxygens (including phenoxy) is 1. The molecule has 1 aromatic carbocycles. The van der Waals surface area contributed by atoms with Crippen molar-refractivity contribution in [2.24, 2.45) is 0 Å². The third-order valence-corrected chi connectivity index (χ3v) is 3.22. The minimum atomic E-state index is -0.412. The zero-order chi connectivity index (χ0) is 13.8. The molecular formula is C16H18O3. The lowest BCUT2D eigenvalue weighted by Crippen LogP contribution is -2.16. The third-order valence-electron chi connectivity index (χ3n) is 3.22. The van der Waals surface area contributed by atoms with E-state index in [1.54, 1.807) is 12.1 Å². The Morgan fingerprint density at radius 1 is 1.16 bits per heavy atom. The second-order valence-corrected chi connectivity index (χ2v) is 5.10. The Balaban J connectivity index is 2.04. The number of rotatable bonds is 3. The molecule has 0 N–H and O–H groups in total. The standard InChI is InChI=1S/C16H18O3/c1-11(2)12-6-8-15(9-7-12)19-16(18)13-4-3-5-14(17)10-13/h6-11H,3-5H2,1-2H3. The first-order valence-electron chi connectivity index (χ1n) is 6.62. The molecule has 1 aromatic rings. The monoisotopic (exact) mass is 258 g/mol. The lowest BCUT2D eigenvalue weighted by Gasteiger charge is -2.12. The number of ketones is 1. The molecule has 100 valence electrons. The minimum Gasteiger partial charge on any atom is -0.423 e. The van der Waals surface area contributed by atoms with Crippen LogP contribution in [0.1, 0.15) is 44.6 Å². The van der Waals surface area contributed by atoms with E-state index in [0.717, 1.165) is 6.42 Å². The second kappa shape index (κ2) is 5.83. The van der Waals surface area contributed by atoms with Gasteiger partial charge in [0.15, 0.2) is 5.78 Å². The summed E-state index contributed by atoms with van der Waals surface area (Å²) in [5.74, 6) is 0.565. The van der Waals surface area contributed by atoms with Crippen LogP contribution in [0.25, 0.3) is 0 Å². The van der Waals surface area contributed by atoms with Crippen molar-refractivity contribution in [1.82, 2.24) is 0 Å². The van der Waals surface area contributed by atoms with Crippen LogP contribution in [0.5, 0.6) is 5.75 Å². The van der Waals surface area contributed by atoms with Crippen LogP contribution >= 0.6 is 0 Å². The predicted molar refractivity (Wildman–Crippen MR) is 73.1 cm³/mol. The van der Waals surface area contributed by atoms with Crippen molar-refractivity contribution in [3.8, 4) is 5.75 Å². The van der Waals surface area contributed by atoms with Crippen molar-refractivity contribution < 1.29 is 14.3 Å². The zero-order valence-corrected chi connectivity index (χ0v) is 11.3. The maximum absolute atomic E-state index is 11.9. The molecule has 0 atom stereocenters. The number of hydrogen-bond acceptors (Lipinski definition) is 3. The number of benzene rings is 1. The van der Waals surface area contributed by atoms with Crippen LogP contribution in [-0.2, 0) is 9.59 Å². The van der Waals surface area contributed by atoms with E-state index in [0.29, 0.717) is 30.1 Å². The summed E-state index contributed by atoms with van der Waals surface area (Å²) in [6.07, 6.45) is 3.29. The normalized spacial score (nSPS) is 15.3. The van der Waals surface area contributed by atoms with E-state index in [1.165, 1.54) is 11.6 Å². The van der Waals surface area contributed by atoms with Crippen molar-refractivity contribution >= 4 is 11.8 Å². The van der Waals surface area contributed by atoms with Gasteiger partial charge in [0, 0.05) is 12.0 Å². The largest absolute Gasteiger partial charge is 0.423 e. The number of carbonyl (C=O) groups is 2. The van der Waals surface area contributed by atoms with Crippen molar-refractivity contribution in [3.05, 3.63) is 41.5 Å². The van der Waals surface area contributed by atoms with Gasteiger partial charge in [-0.3, -0.25) is 4.79 Å². The predicted octanol–water partition coefficient (Wildman–Crippen LogP) is 3.39. The van der Waals surface area contributed by atoms with E-state index < -0.39 is 5.97 Å². The smallest absolute Gasteiger partial charge is 0.339 e. The molecule has 19 heavy (non-hydrogen) atoms. The fourth-order valence-electron chi connectivity index (χ4n) is 2.05. The summed E-state index contributed by atoms with van der Waals surface area (Å²) in [4.78, 5) is 23.2. The van der Waals surface area contributed by atoms with E-state index in [-0.39, 0.29) is 5.78 Å². The summed E-state index contributed by atoms with van der Waals surface area (Å²) in [5.41, 5.74) is 1.68. The Morgan fingerprint density at radius 2 is 1.84 bits per heavy atom. The van der Waals surface area contributed by atoms with Crippen LogP contribution in [0, 0.1) is 0 Å². The molecule has 1 aliphatic rings. The van der Waals surface area contributed by atoms with Crippen LogP contribution in [0.4, 0.5) is 0 Å². The van der Waals surface area contributed by atoms with Crippen molar-refractivity contribution in [1.29, 1.82) is 0 Å². The van der Waals surface area contributed by atoms with Gasteiger partial charge in [-0.05, 0) is 42.5 Å². The number of allylic oxidation sites excluding steroid dienone is 1. The van der Waals surface area contributed by atoms with E-state index in [9.17, 15) is 9.59 Å². The molecule has 1 aliphatic carbocycles. The highest BCUT2D eigenvalue weighted by Crippen LogP contribution is 2.21.